The van der Waals surface area contributed by atoms with Crippen molar-refractivity contribution in [3.8, 4) is 0 Å². The van der Waals surface area contributed by atoms with Gasteiger partial charge in [0.1, 0.15) is 0 Å². The molecular weight excluding hydrogens is 318 g/mol. The lowest BCUT2D eigenvalue weighted by Gasteiger charge is -2.19. The van der Waals surface area contributed by atoms with Gasteiger partial charge in [-0.15, -0.1) is 0 Å². The van der Waals surface area contributed by atoms with Gasteiger partial charge in [0.05, 0.1) is 18.3 Å². The van der Waals surface area contributed by atoms with E-state index >= 15 is 0 Å². The molecule has 0 aliphatic rings. The average Bonchev–Trinajstić information content (AvgIpc) is 2.99. The fourth-order valence-electron chi connectivity index (χ4n) is 3.37. The topological polar surface area (TPSA) is 78.5 Å². The second kappa shape index (κ2) is 7.21. The Balaban J connectivity index is 2.32. The van der Waals surface area contributed by atoms with Gasteiger partial charge in [0, 0.05) is 35.5 Å². The van der Waals surface area contributed by atoms with Gasteiger partial charge in [0.2, 0.25) is 0 Å². The summed E-state index contributed by atoms with van der Waals surface area (Å²) < 4.78 is 5.28. The van der Waals surface area contributed by atoms with Crippen LogP contribution in [0.4, 0.5) is 0 Å². The number of aromatic nitrogens is 2. The highest BCUT2D eigenvalue weighted by Gasteiger charge is 2.20. The first-order valence-corrected chi connectivity index (χ1v) is 8.46. The molecular formula is C19H23N3O3. The summed E-state index contributed by atoms with van der Waals surface area (Å²) in [4.78, 5) is 21.4. The number of fused-ring (bicyclic) bond motifs is 3. The van der Waals surface area contributed by atoms with Crippen LogP contribution >= 0.6 is 0 Å². The molecule has 0 spiro atoms. The minimum Gasteiger partial charge on any atom is -0.477 e. The lowest BCUT2D eigenvalue weighted by Crippen LogP contribution is -2.22. The summed E-state index contributed by atoms with van der Waals surface area (Å²) in [5.41, 5.74) is 3.66. The number of carboxylic acid groups (broad SMARTS) is 1. The number of methoxy groups -OCH3 is 1. The van der Waals surface area contributed by atoms with Gasteiger partial charge in [-0.2, -0.15) is 0 Å². The molecule has 2 N–H and O–H groups in total. The van der Waals surface area contributed by atoms with E-state index in [-0.39, 0.29) is 12.3 Å². The molecule has 0 fully saturated rings. The molecule has 6 heteroatoms. The third-order valence-electron chi connectivity index (χ3n) is 4.63. The van der Waals surface area contributed by atoms with Crippen LogP contribution < -0.4 is 0 Å². The van der Waals surface area contributed by atoms with Crippen LogP contribution in [0, 0.1) is 0 Å². The normalized spacial score (nSPS) is 11.7. The van der Waals surface area contributed by atoms with E-state index in [2.05, 4.69) is 34.8 Å². The monoisotopic (exact) mass is 341 g/mol. The van der Waals surface area contributed by atoms with Crippen LogP contribution in [0.15, 0.2) is 24.4 Å². The van der Waals surface area contributed by atoms with Crippen LogP contribution in [0.1, 0.15) is 35.5 Å². The highest BCUT2D eigenvalue weighted by atomic mass is 16.5. The number of nitrogens with one attached hydrogen (secondary N) is 1. The molecule has 1 aromatic carbocycles. The van der Waals surface area contributed by atoms with Gasteiger partial charge in [-0.25, -0.2) is 9.78 Å². The minimum absolute atomic E-state index is 0.0490. The first-order chi connectivity index (χ1) is 12.1. The van der Waals surface area contributed by atoms with E-state index in [1.807, 2.05) is 12.1 Å². The predicted octanol–water partition coefficient (Wildman–Crippen LogP) is 3.40. The smallest absolute Gasteiger partial charge is 0.354 e. The van der Waals surface area contributed by atoms with Gasteiger partial charge in [-0.3, -0.25) is 4.90 Å². The average molecular weight is 341 g/mol. The van der Waals surface area contributed by atoms with Crippen LogP contribution in [0.5, 0.6) is 0 Å². The van der Waals surface area contributed by atoms with E-state index in [0.29, 0.717) is 5.56 Å². The van der Waals surface area contributed by atoms with Crippen molar-refractivity contribution >= 4 is 27.8 Å². The molecule has 132 valence electrons. The van der Waals surface area contributed by atoms with Crippen molar-refractivity contribution in [3.63, 3.8) is 0 Å². The molecule has 0 atom stereocenters. The second-order valence-electron chi connectivity index (χ2n) is 6.04. The Bertz CT molecular complexity index is 913. The molecule has 2 aromatic heterocycles. The Labute approximate surface area is 146 Å². The number of ether oxygens (including phenoxy) is 1. The van der Waals surface area contributed by atoms with Crippen LogP contribution in [0.2, 0.25) is 0 Å². The number of nitrogens with zero attached hydrogens (tertiary/aromatic N) is 2. The zero-order chi connectivity index (χ0) is 18.0. The zero-order valence-electron chi connectivity index (χ0n) is 14.8. The van der Waals surface area contributed by atoms with Crippen molar-refractivity contribution in [1.82, 2.24) is 14.9 Å². The van der Waals surface area contributed by atoms with Crippen LogP contribution in [0.25, 0.3) is 21.8 Å². The molecule has 0 saturated heterocycles. The first kappa shape index (κ1) is 17.4. The lowest BCUT2D eigenvalue weighted by molar-refractivity contribution is 0.0685. The SMILES string of the molecule is CCN(CC)Cc1cccc2[nH]c3cnc(C(=O)O)c(COC)c3c12. The number of carbonyl (C=O) groups is 1. The largest absolute Gasteiger partial charge is 0.477 e. The summed E-state index contributed by atoms with van der Waals surface area (Å²) in [5, 5.41) is 11.5. The van der Waals surface area contributed by atoms with Crippen LogP contribution in [0.3, 0.4) is 0 Å². The second-order valence-corrected chi connectivity index (χ2v) is 6.04. The van der Waals surface area contributed by atoms with Gasteiger partial charge in [0.25, 0.3) is 0 Å². The number of rotatable bonds is 7. The van der Waals surface area contributed by atoms with Gasteiger partial charge in [-0.05, 0) is 24.7 Å². The van der Waals surface area contributed by atoms with E-state index in [1.165, 1.54) is 5.56 Å². The van der Waals surface area contributed by atoms with E-state index in [1.54, 1.807) is 13.3 Å². The van der Waals surface area contributed by atoms with Crippen molar-refractivity contribution in [2.45, 2.75) is 27.0 Å². The maximum Gasteiger partial charge on any atom is 0.354 e. The Morgan fingerprint density at radius 2 is 2.00 bits per heavy atom. The highest BCUT2D eigenvalue weighted by molar-refractivity contribution is 6.12. The number of hydrogen-bond donors (Lipinski definition) is 2. The number of carboxylic acids is 1. The number of benzene rings is 1. The van der Waals surface area contributed by atoms with E-state index in [4.69, 9.17) is 4.74 Å². The van der Waals surface area contributed by atoms with Crippen molar-refractivity contribution < 1.29 is 14.6 Å². The zero-order valence-corrected chi connectivity index (χ0v) is 14.8. The number of pyridine rings is 1. The maximum atomic E-state index is 11.6. The van der Waals surface area contributed by atoms with Crippen LogP contribution in [-0.2, 0) is 17.9 Å². The minimum atomic E-state index is -1.04. The molecule has 3 aromatic rings. The fraction of sp³-hybridized carbons (Fsp3) is 0.368. The molecule has 0 radical (unpaired) electrons. The van der Waals surface area contributed by atoms with Crippen molar-refractivity contribution in [2.24, 2.45) is 0 Å². The maximum absolute atomic E-state index is 11.6. The Kier molecular flexibility index (Phi) is 5.01. The molecule has 3 rings (SSSR count). The Morgan fingerprint density at radius 1 is 1.24 bits per heavy atom. The Morgan fingerprint density at radius 3 is 2.64 bits per heavy atom. The fourth-order valence-corrected chi connectivity index (χ4v) is 3.37. The predicted molar refractivity (Wildman–Crippen MR) is 97.9 cm³/mol. The van der Waals surface area contributed by atoms with E-state index in [0.717, 1.165) is 41.4 Å². The van der Waals surface area contributed by atoms with Gasteiger partial charge in [0.15, 0.2) is 5.69 Å². The number of H-pyrrole nitrogens is 1. The summed E-state index contributed by atoms with van der Waals surface area (Å²) in [5.74, 6) is -1.04. The summed E-state index contributed by atoms with van der Waals surface area (Å²) in [6.07, 6.45) is 1.60. The van der Waals surface area contributed by atoms with Crippen molar-refractivity contribution in [2.75, 3.05) is 20.2 Å². The lowest BCUT2D eigenvalue weighted by atomic mass is 10.0. The first-order valence-electron chi connectivity index (χ1n) is 8.46. The molecule has 2 heterocycles. The molecule has 0 aliphatic heterocycles. The summed E-state index contributed by atoms with van der Waals surface area (Å²) >= 11 is 0. The number of aromatic carboxylic acids is 1. The summed E-state index contributed by atoms with van der Waals surface area (Å²) in [6.45, 7) is 7.22. The van der Waals surface area contributed by atoms with E-state index < -0.39 is 5.97 Å². The van der Waals surface area contributed by atoms with Gasteiger partial charge in [-0.1, -0.05) is 26.0 Å². The summed E-state index contributed by atoms with van der Waals surface area (Å²) in [6, 6.07) is 6.14. The molecule has 0 bridgehead atoms. The summed E-state index contributed by atoms with van der Waals surface area (Å²) in [7, 11) is 1.57. The highest BCUT2D eigenvalue weighted by Crippen LogP contribution is 2.33. The van der Waals surface area contributed by atoms with Crippen LogP contribution in [-0.4, -0.2) is 46.1 Å². The standard InChI is InChI=1S/C19H23N3O3/c1-4-22(5-2)10-12-7-6-8-14-16(12)17-13(11-25-3)18(19(23)24)20-9-15(17)21-14/h6-9,21H,4-5,10-11H2,1-3H3,(H,23,24). The Hall–Kier alpha value is -2.44. The van der Waals surface area contributed by atoms with E-state index in [9.17, 15) is 9.90 Å². The van der Waals surface area contributed by atoms with Gasteiger partial charge < -0.3 is 14.8 Å². The molecule has 25 heavy (non-hydrogen) atoms. The number of hydrogen-bond acceptors (Lipinski definition) is 4. The quantitative estimate of drug-likeness (QED) is 0.688. The van der Waals surface area contributed by atoms with Crippen molar-refractivity contribution in [3.05, 3.63) is 41.2 Å². The van der Waals surface area contributed by atoms with Crippen molar-refractivity contribution in [1.29, 1.82) is 0 Å². The molecule has 0 unspecified atom stereocenters. The number of aromatic amines is 1. The molecule has 6 nitrogen and oxygen atoms in total. The molecule has 0 amide bonds. The van der Waals surface area contributed by atoms with Gasteiger partial charge >= 0.3 is 5.97 Å². The molecule has 0 aliphatic carbocycles. The third kappa shape index (κ3) is 3.10. The third-order valence-corrected chi connectivity index (χ3v) is 4.63. The molecule has 0 saturated carbocycles.